The predicted molar refractivity (Wildman–Crippen MR) is 68.4 cm³/mol. The van der Waals surface area contributed by atoms with E-state index in [4.69, 9.17) is 11.6 Å². The third-order valence-corrected chi connectivity index (χ3v) is 2.27. The van der Waals surface area contributed by atoms with Crippen LogP contribution in [-0.2, 0) is 11.0 Å². The molecular formula is C11H14ClF3N4O. The number of amides is 1. The molecule has 0 saturated carbocycles. The molecule has 0 fully saturated rings. The molecular weight excluding hydrogens is 297 g/mol. The summed E-state index contributed by atoms with van der Waals surface area (Å²) >= 11 is 5.42. The molecule has 0 aliphatic rings. The second-order valence-electron chi connectivity index (χ2n) is 4.30. The van der Waals surface area contributed by atoms with Crippen molar-refractivity contribution in [2.75, 3.05) is 11.9 Å². The summed E-state index contributed by atoms with van der Waals surface area (Å²) in [7, 11) is 0. The van der Waals surface area contributed by atoms with Crippen LogP contribution in [0, 0.1) is 0 Å². The van der Waals surface area contributed by atoms with Crippen LogP contribution >= 0.6 is 11.6 Å². The summed E-state index contributed by atoms with van der Waals surface area (Å²) < 4.78 is 37.5. The lowest BCUT2D eigenvalue weighted by molar-refractivity contribution is -0.141. The molecule has 0 aliphatic carbocycles. The lowest BCUT2D eigenvalue weighted by atomic mass is 10.3. The maximum atomic E-state index is 12.5. The molecule has 5 nitrogen and oxygen atoms in total. The Labute approximate surface area is 118 Å². The van der Waals surface area contributed by atoms with Crippen LogP contribution < -0.4 is 10.6 Å². The summed E-state index contributed by atoms with van der Waals surface area (Å²) in [5.41, 5.74) is -1.13. The second kappa shape index (κ2) is 6.74. The van der Waals surface area contributed by atoms with Crippen LogP contribution in [0.25, 0.3) is 0 Å². The number of hydrogen-bond acceptors (Lipinski definition) is 4. The van der Waals surface area contributed by atoms with E-state index in [-0.39, 0.29) is 30.7 Å². The summed E-state index contributed by atoms with van der Waals surface area (Å²) in [4.78, 5) is 18.1. The molecule has 0 saturated heterocycles. The Balaban J connectivity index is 2.61. The van der Waals surface area contributed by atoms with Gasteiger partial charge in [-0.05, 0) is 25.4 Å². The lowest BCUT2D eigenvalue weighted by Gasteiger charge is -2.11. The molecule has 0 radical (unpaired) electrons. The van der Waals surface area contributed by atoms with Gasteiger partial charge in [-0.3, -0.25) is 4.79 Å². The Morgan fingerprint density at radius 1 is 1.40 bits per heavy atom. The number of hydrogen-bond donors (Lipinski definition) is 2. The molecule has 1 heterocycles. The third-order valence-electron chi connectivity index (χ3n) is 2.10. The Hall–Kier alpha value is -1.57. The van der Waals surface area contributed by atoms with Gasteiger partial charge in [-0.15, -0.1) is 0 Å². The number of aromatic nitrogens is 2. The molecule has 0 spiro atoms. The van der Waals surface area contributed by atoms with Gasteiger partial charge in [0.2, 0.25) is 11.2 Å². The Kier molecular flexibility index (Phi) is 5.55. The first-order valence-electron chi connectivity index (χ1n) is 5.83. The summed E-state index contributed by atoms with van der Waals surface area (Å²) in [5.74, 6) is -0.279. The fourth-order valence-corrected chi connectivity index (χ4v) is 1.53. The van der Waals surface area contributed by atoms with Crippen molar-refractivity contribution in [1.82, 2.24) is 15.3 Å². The van der Waals surface area contributed by atoms with E-state index in [9.17, 15) is 18.0 Å². The fraction of sp³-hybridized carbons (Fsp3) is 0.545. The van der Waals surface area contributed by atoms with Gasteiger partial charge in [0.1, 0.15) is 5.82 Å². The van der Waals surface area contributed by atoms with Crippen molar-refractivity contribution in [2.24, 2.45) is 0 Å². The van der Waals surface area contributed by atoms with E-state index < -0.39 is 17.2 Å². The quantitative estimate of drug-likeness (QED) is 0.820. The minimum atomic E-state index is -4.60. The van der Waals surface area contributed by atoms with Crippen molar-refractivity contribution < 1.29 is 18.0 Å². The Morgan fingerprint density at radius 2 is 2.05 bits per heavy atom. The molecule has 0 aromatic carbocycles. The van der Waals surface area contributed by atoms with Gasteiger partial charge in [0.15, 0.2) is 5.69 Å². The zero-order valence-electron chi connectivity index (χ0n) is 10.9. The van der Waals surface area contributed by atoms with Crippen LogP contribution in [0.1, 0.15) is 26.0 Å². The third kappa shape index (κ3) is 5.60. The van der Waals surface area contributed by atoms with Gasteiger partial charge in [0.05, 0.1) is 0 Å². The van der Waals surface area contributed by atoms with Crippen LogP contribution in [0.2, 0.25) is 5.28 Å². The largest absolute Gasteiger partial charge is 0.433 e. The van der Waals surface area contributed by atoms with E-state index in [0.29, 0.717) is 0 Å². The van der Waals surface area contributed by atoms with E-state index in [1.807, 2.05) is 13.8 Å². The van der Waals surface area contributed by atoms with Crippen LogP contribution in [0.5, 0.6) is 0 Å². The molecule has 0 unspecified atom stereocenters. The number of nitrogens with zero attached hydrogens (tertiary/aromatic N) is 2. The van der Waals surface area contributed by atoms with Gasteiger partial charge in [0, 0.05) is 25.1 Å². The molecule has 0 aliphatic heterocycles. The van der Waals surface area contributed by atoms with Crippen molar-refractivity contribution in [1.29, 1.82) is 0 Å². The molecule has 1 rings (SSSR count). The molecule has 0 atom stereocenters. The first-order valence-corrected chi connectivity index (χ1v) is 6.21. The monoisotopic (exact) mass is 310 g/mol. The van der Waals surface area contributed by atoms with Crippen molar-refractivity contribution in [3.05, 3.63) is 17.0 Å². The van der Waals surface area contributed by atoms with Gasteiger partial charge in [-0.2, -0.15) is 13.2 Å². The predicted octanol–water partition coefficient (Wildman–Crippen LogP) is 2.48. The van der Waals surface area contributed by atoms with Crippen molar-refractivity contribution >= 4 is 23.3 Å². The topological polar surface area (TPSA) is 66.9 Å². The molecule has 20 heavy (non-hydrogen) atoms. The van der Waals surface area contributed by atoms with Gasteiger partial charge in [-0.25, -0.2) is 9.97 Å². The normalized spacial score (nSPS) is 11.6. The average Bonchev–Trinajstić information content (AvgIpc) is 2.25. The zero-order chi connectivity index (χ0) is 15.3. The van der Waals surface area contributed by atoms with Gasteiger partial charge in [0.25, 0.3) is 0 Å². The van der Waals surface area contributed by atoms with Crippen LogP contribution in [0.4, 0.5) is 19.0 Å². The molecule has 1 aromatic rings. The molecule has 1 amide bonds. The molecule has 9 heteroatoms. The highest BCUT2D eigenvalue weighted by molar-refractivity contribution is 6.28. The number of halogens is 4. The van der Waals surface area contributed by atoms with Gasteiger partial charge in [-0.1, -0.05) is 0 Å². The fourth-order valence-electron chi connectivity index (χ4n) is 1.35. The number of carbonyl (C=O) groups excluding carboxylic acids is 1. The summed E-state index contributed by atoms with van der Waals surface area (Å²) in [6.07, 6.45) is -4.49. The number of alkyl halides is 3. The highest BCUT2D eigenvalue weighted by Crippen LogP contribution is 2.29. The molecule has 0 bridgehead atoms. The average molecular weight is 311 g/mol. The Bertz CT molecular complexity index is 479. The first kappa shape index (κ1) is 16.5. The number of rotatable bonds is 5. The van der Waals surface area contributed by atoms with Crippen molar-refractivity contribution in [3.63, 3.8) is 0 Å². The first-order chi connectivity index (χ1) is 9.18. The second-order valence-corrected chi connectivity index (χ2v) is 4.64. The van der Waals surface area contributed by atoms with Crippen LogP contribution in [0.15, 0.2) is 6.07 Å². The maximum absolute atomic E-state index is 12.5. The zero-order valence-corrected chi connectivity index (χ0v) is 11.6. The number of nitrogens with one attached hydrogen (secondary N) is 2. The SMILES string of the molecule is CC(C)NC(=O)CCNc1cc(C(F)(F)F)nc(Cl)n1. The van der Waals surface area contributed by atoms with Gasteiger partial charge < -0.3 is 10.6 Å². The molecule has 1 aromatic heterocycles. The summed E-state index contributed by atoms with van der Waals surface area (Å²) in [6.45, 7) is 3.76. The highest BCUT2D eigenvalue weighted by atomic mass is 35.5. The summed E-state index contributed by atoms with van der Waals surface area (Å²) in [6, 6.07) is 0.750. The standard InChI is InChI=1S/C11H14ClF3N4O/c1-6(2)17-9(20)3-4-16-8-5-7(11(13,14)15)18-10(12)19-8/h5-6H,3-4H2,1-2H3,(H,17,20)(H,16,18,19). The summed E-state index contributed by atoms with van der Waals surface area (Å²) in [5, 5.41) is 4.76. The number of carbonyl (C=O) groups is 1. The molecule has 112 valence electrons. The van der Waals surface area contributed by atoms with E-state index in [1.54, 1.807) is 0 Å². The minimum Gasteiger partial charge on any atom is -0.369 e. The smallest absolute Gasteiger partial charge is 0.369 e. The Morgan fingerprint density at radius 3 is 2.60 bits per heavy atom. The number of anilines is 1. The van der Waals surface area contributed by atoms with Crippen molar-refractivity contribution in [2.45, 2.75) is 32.5 Å². The van der Waals surface area contributed by atoms with Gasteiger partial charge >= 0.3 is 6.18 Å². The van der Waals surface area contributed by atoms with E-state index >= 15 is 0 Å². The highest BCUT2D eigenvalue weighted by Gasteiger charge is 2.33. The maximum Gasteiger partial charge on any atom is 0.433 e. The van der Waals surface area contributed by atoms with Crippen molar-refractivity contribution in [3.8, 4) is 0 Å². The van der Waals surface area contributed by atoms with E-state index in [0.717, 1.165) is 6.07 Å². The lowest BCUT2D eigenvalue weighted by Crippen LogP contribution is -2.31. The van der Waals surface area contributed by atoms with E-state index in [2.05, 4.69) is 20.6 Å². The van der Waals surface area contributed by atoms with Crippen LogP contribution in [-0.4, -0.2) is 28.5 Å². The van der Waals surface area contributed by atoms with E-state index in [1.165, 1.54) is 0 Å². The molecule has 2 N–H and O–H groups in total. The van der Waals surface area contributed by atoms with Crippen LogP contribution in [0.3, 0.4) is 0 Å². The minimum absolute atomic E-state index is 0.00725.